The molecule has 2 aromatic heterocycles. The third-order valence-corrected chi connectivity index (χ3v) is 8.36. The zero-order valence-electron chi connectivity index (χ0n) is 18.9. The number of nitrogens with one attached hydrogen (secondary N) is 1. The average molecular weight is 510 g/mol. The highest BCUT2D eigenvalue weighted by Crippen LogP contribution is 2.36. The predicted octanol–water partition coefficient (Wildman–Crippen LogP) is 6.44. The van der Waals surface area contributed by atoms with Gasteiger partial charge in [-0.15, -0.1) is 11.3 Å². The Morgan fingerprint density at radius 2 is 1.94 bits per heavy atom. The summed E-state index contributed by atoms with van der Waals surface area (Å²) in [6, 6.07) is 15.0. The molecule has 0 saturated heterocycles. The molecule has 0 fully saturated rings. The van der Waals surface area contributed by atoms with Crippen molar-refractivity contribution < 1.29 is 4.79 Å². The van der Waals surface area contributed by atoms with E-state index in [0.29, 0.717) is 27.2 Å². The highest BCUT2D eigenvalue weighted by atomic mass is 35.5. The second-order valence-corrected chi connectivity index (χ2v) is 11.1. The summed E-state index contributed by atoms with van der Waals surface area (Å²) in [5, 5.41) is 4.84. The lowest BCUT2D eigenvalue weighted by atomic mass is 10.0. The van der Waals surface area contributed by atoms with Crippen molar-refractivity contribution in [3.8, 4) is 5.69 Å². The summed E-state index contributed by atoms with van der Waals surface area (Å²) in [6.07, 6.45) is 2.99. The fourth-order valence-corrected chi connectivity index (χ4v) is 6.61. The lowest BCUT2D eigenvalue weighted by Gasteiger charge is -2.15. The van der Waals surface area contributed by atoms with Crippen molar-refractivity contribution in [1.82, 2.24) is 9.55 Å². The van der Waals surface area contributed by atoms with Crippen LogP contribution in [-0.2, 0) is 17.6 Å². The maximum absolute atomic E-state index is 13.7. The van der Waals surface area contributed by atoms with Gasteiger partial charge in [0.05, 0.1) is 16.8 Å². The summed E-state index contributed by atoms with van der Waals surface area (Å²) in [7, 11) is 0. The van der Waals surface area contributed by atoms with Crippen molar-refractivity contribution in [1.29, 1.82) is 0 Å². The molecule has 0 spiro atoms. The maximum Gasteiger partial charge on any atom is 0.267 e. The van der Waals surface area contributed by atoms with Crippen LogP contribution in [0.2, 0.25) is 5.02 Å². The van der Waals surface area contributed by atoms with Gasteiger partial charge in [0.2, 0.25) is 5.91 Å². The van der Waals surface area contributed by atoms with Crippen LogP contribution in [0.5, 0.6) is 0 Å². The Morgan fingerprint density at radius 3 is 2.71 bits per heavy atom. The summed E-state index contributed by atoms with van der Waals surface area (Å²) >= 11 is 8.96. The summed E-state index contributed by atoms with van der Waals surface area (Å²) in [5.41, 5.74) is 3.65. The van der Waals surface area contributed by atoms with Gasteiger partial charge in [-0.1, -0.05) is 55.4 Å². The van der Waals surface area contributed by atoms with Crippen molar-refractivity contribution in [2.24, 2.45) is 0 Å². The number of aryl methyl sites for hydroxylation is 2. The van der Waals surface area contributed by atoms with E-state index < -0.39 is 0 Å². The molecule has 8 heteroatoms. The minimum absolute atomic E-state index is 0.0835. The Labute approximate surface area is 211 Å². The normalized spacial score (nSPS) is 12.9. The number of thiophene rings is 1. The fourth-order valence-electron chi connectivity index (χ4n) is 4.37. The number of nitrogens with zero attached hydrogens (tertiary/aromatic N) is 2. The van der Waals surface area contributed by atoms with Crippen LogP contribution in [0.25, 0.3) is 15.9 Å². The number of carbonyl (C=O) groups excluding carboxylic acids is 1. The van der Waals surface area contributed by atoms with E-state index in [1.807, 2.05) is 36.4 Å². The van der Waals surface area contributed by atoms with E-state index in [-0.39, 0.29) is 17.2 Å². The van der Waals surface area contributed by atoms with Gasteiger partial charge >= 0.3 is 0 Å². The second kappa shape index (κ2) is 9.56. The van der Waals surface area contributed by atoms with Gasteiger partial charge in [-0.05, 0) is 66.6 Å². The number of fused-ring (bicyclic) bond motifs is 3. The molecule has 0 unspecified atom stereocenters. The van der Waals surface area contributed by atoms with Crippen LogP contribution in [0.3, 0.4) is 0 Å². The lowest BCUT2D eigenvalue weighted by Crippen LogP contribution is -2.23. The summed E-state index contributed by atoms with van der Waals surface area (Å²) in [4.78, 5) is 33.4. The van der Waals surface area contributed by atoms with E-state index in [0.717, 1.165) is 40.9 Å². The molecule has 2 heterocycles. The molecule has 2 aromatic carbocycles. The molecule has 0 atom stereocenters. The minimum atomic E-state index is -0.135. The number of amides is 1. The number of hydrogen-bond acceptors (Lipinski definition) is 5. The maximum atomic E-state index is 13.7. The zero-order valence-corrected chi connectivity index (χ0v) is 21.3. The molecular formula is C26H24ClN3O2S2. The minimum Gasteiger partial charge on any atom is -0.325 e. The summed E-state index contributed by atoms with van der Waals surface area (Å²) < 4.78 is 1.62. The third kappa shape index (κ3) is 4.40. The summed E-state index contributed by atoms with van der Waals surface area (Å²) in [5.74, 6) is 0.302. The molecule has 5 nitrogen and oxygen atoms in total. The first kappa shape index (κ1) is 23.1. The molecule has 0 saturated carbocycles. The molecule has 1 N–H and O–H groups in total. The Kier molecular flexibility index (Phi) is 6.51. The largest absolute Gasteiger partial charge is 0.325 e. The van der Waals surface area contributed by atoms with E-state index in [2.05, 4.69) is 19.2 Å². The molecule has 1 aliphatic carbocycles. The number of rotatable bonds is 6. The number of carbonyl (C=O) groups is 1. The second-order valence-electron chi connectivity index (χ2n) is 8.63. The van der Waals surface area contributed by atoms with Gasteiger partial charge in [0.1, 0.15) is 4.83 Å². The average Bonchev–Trinajstić information content (AvgIpc) is 3.40. The number of para-hydroxylation sites is 1. The van der Waals surface area contributed by atoms with Crippen LogP contribution in [0, 0.1) is 0 Å². The molecule has 174 valence electrons. The van der Waals surface area contributed by atoms with E-state index in [1.54, 1.807) is 28.0 Å². The Morgan fingerprint density at radius 1 is 1.18 bits per heavy atom. The first-order chi connectivity index (χ1) is 16.4. The number of hydrogen-bond donors (Lipinski definition) is 1. The number of halogens is 1. The van der Waals surface area contributed by atoms with Gasteiger partial charge in [0.25, 0.3) is 5.56 Å². The topological polar surface area (TPSA) is 64.0 Å². The molecule has 0 radical (unpaired) electrons. The Bertz CT molecular complexity index is 1440. The zero-order chi connectivity index (χ0) is 23.8. The highest BCUT2D eigenvalue weighted by Gasteiger charge is 2.24. The monoisotopic (exact) mass is 509 g/mol. The standard InChI is InChI=1S/C26H24ClN3O2S2/c1-15(2)18-6-3-4-8-20(18)28-22(31)14-33-26-29-24-23(19-7-5-9-21(19)34-24)25(32)30(26)17-12-10-16(27)11-13-17/h3-4,6,8,10-13,15H,5,7,9,14H2,1-2H3,(H,28,31). The number of benzene rings is 2. The fraction of sp³-hybridized carbons (Fsp3) is 0.269. The van der Waals surface area contributed by atoms with E-state index in [9.17, 15) is 9.59 Å². The first-order valence-corrected chi connectivity index (χ1v) is 13.4. The molecular weight excluding hydrogens is 486 g/mol. The van der Waals surface area contributed by atoms with Crippen molar-refractivity contribution in [2.75, 3.05) is 11.1 Å². The van der Waals surface area contributed by atoms with Crippen molar-refractivity contribution in [2.45, 2.75) is 44.2 Å². The van der Waals surface area contributed by atoms with Gasteiger partial charge < -0.3 is 5.32 Å². The Balaban J connectivity index is 1.49. The van der Waals surface area contributed by atoms with E-state index >= 15 is 0 Å². The smallest absolute Gasteiger partial charge is 0.267 e. The quantitative estimate of drug-likeness (QED) is 0.240. The van der Waals surface area contributed by atoms with Gasteiger partial charge in [-0.3, -0.25) is 14.2 Å². The van der Waals surface area contributed by atoms with Crippen LogP contribution in [0.1, 0.15) is 42.2 Å². The van der Waals surface area contributed by atoms with Crippen LogP contribution < -0.4 is 10.9 Å². The molecule has 5 rings (SSSR count). The van der Waals surface area contributed by atoms with Crippen molar-refractivity contribution >= 4 is 56.5 Å². The molecule has 1 aliphatic rings. The predicted molar refractivity (Wildman–Crippen MR) is 142 cm³/mol. The molecule has 0 bridgehead atoms. The van der Waals surface area contributed by atoms with Crippen LogP contribution >= 0.6 is 34.7 Å². The van der Waals surface area contributed by atoms with Gasteiger partial charge in [-0.2, -0.15) is 0 Å². The van der Waals surface area contributed by atoms with E-state index in [4.69, 9.17) is 16.6 Å². The third-order valence-electron chi connectivity index (χ3n) is 5.98. The van der Waals surface area contributed by atoms with Gasteiger partial charge in [0.15, 0.2) is 5.16 Å². The van der Waals surface area contributed by atoms with Crippen molar-refractivity contribution in [3.05, 3.63) is 79.9 Å². The molecule has 4 aromatic rings. The van der Waals surface area contributed by atoms with Crippen LogP contribution in [0.4, 0.5) is 5.69 Å². The van der Waals surface area contributed by atoms with Crippen LogP contribution in [0.15, 0.2) is 58.5 Å². The number of thioether (sulfide) groups is 1. The lowest BCUT2D eigenvalue weighted by molar-refractivity contribution is -0.113. The highest BCUT2D eigenvalue weighted by molar-refractivity contribution is 7.99. The summed E-state index contributed by atoms with van der Waals surface area (Å²) in [6.45, 7) is 4.20. The molecule has 0 aliphatic heterocycles. The van der Waals surface area contributed by atoms with Crippen LogP contribution in [-0.4, -0.2) is 21.2 Å². The first-order valence-electron chi connectivity index (χ1n) is 11.3. The van der Waals surface area contributed by atoms with Crippen molar-refractivity contribution in [3.63, 3.8) is 0 Å². The number of anilines is 1. The number of aromatic nitrogens is 2. The molecule has 1 amide bonds. The van der Waals surface area contributed by atoms with Gasteiger partial charge in [-0.25, -0.2) is 4.98 Å². The SMILES string of the molecule is CC(C)c1ccccc1NC(=O)CSc1nc2sc3c(c2c(=O)n1-c1ccc(Cl)cc1)CCC3. The van der Waals surface area contributed by atoms with Gasteiger partial charge in [0, 0.05) is 15.6 Å². The molecule has 34 heavy (non-hydrogen) atoms. The van der Waals surface area contributed by atoms with E-state index in [1.165, 1.54) is 16.6 Å². The Hall–Kier alpha value is -2.61.